The lowest BCUT2D eigenvalue weighted by atomic mass is 10.1. The molecule has 0 unspecified atom stereocenters. The summed E-state index contributed by atoms with van der Waals surface area (Å²) in [6.07, 6.45) is 0.239. The van der Waals surface area contributed by atoms with Crippen molar-refractivity contribution in [3.8, 4) is 11.5 Å². The van der Waals surface area contributed by atoms with Gasteiger partial charge in [0.05, 0.1) is 18.9 Å². The van der Waals surface area contributed by atoms with Gasteiger partial charge in [0.2, 0.25) is 0 Å². The van der Waals surface area contributed by atoms with Crippen LogP contribution in [0.4, 0.5) is 14.5 Å². The topological polar surface area (TPSA) is 68.9 Å². The molecule has 3 N–H and O–H groups in total. The second kappa shape index (κ2) is 11.6. The van der Waals surface area contributed by atoms with E-state index in [1.165, 1.54) is 0 Å². The molecule has 0 fully saturated rings. The minimum Gasteiger partial charge on any atom is -0.494 e. The van der Waals surface area contributed by atoms with Crippen LogP contribution in [0.3, 0.4) is 0 Å². The molecule has 0 saturated heterocycles. The number of hydrogen-bond acceptors (Lipinski definition) is 3. The molecule has 0 bridgehead atoms. The minimum absolute atomic E-state index is 0. The normalized spacial score (nSPS) is 10.9. The molecule has 0 aliphatic rings. The van der Waals surface area contributed by atoms with Crippen LogP contribution in [0.5, 0.6) is 11.5 Å². The predicted octanol–water partition coefficient (Wildman–Crippen LogP) is 4.35. The maximum absolute atomic E-state index is 13.6. The smallest absolute Gasteiger partial charge is 0.193 e. The minimum atomic E-state index is -0.481. The first kappa shape index (κ1) is 22.9. The molecule has 2 aromatic rings. The standard InChI is InChI=1S/C19H23F2N3O2.HI/c1-3-25-15-6-8-18(26-4-2)17(12-15)24-19(22)23-10-9-13-11-14(20)5-7-16(13)21;/h5-8,11-12H,3-4,9-10H2,1-2H3,(H3,22,23,24);1H. The Hall–Kier alpha value is -2.10. The lowest BCUT2D eigenvalue weighted by molar-refractivity contribution is 0.332. The van der Waals surface area contributed by atoms with Gasteiger partial charge in [0, 0.05) is 12.6 Å². The van der Waals surface area contributed by atoms with E-state index < -0.39 is 11.6 Å². The molecule has 0 radical (unpaired) electrons. The van der Waals surface area contributed by atoms with E-state index >= 15 is 0 Å². The Morgan fingerprint density at radius 2 is 1.81 bits per heavy atom. The van der Waals surface area contributed by atoms with Crippen LogP contribution in [0.2, 0.25) is 0 Å². The van der Waals surface area contributed by atoms with Gasteiger partial charge in [-0.1, -0.05) is 0 Å². The summed E-state index contributed by atoms with van der Waals surface area (Å²) in [5.41, 5.74) is 6.78. The molecule has 0 atom stereocenters. The zero-order valence-corrected chi connectivity index (χ0v) is 17.6. The van der Waals surface area contributed by atoms with Gasteiger partial charge in [-0.15, -0.1) is 24.0 Å². The maximum atomic E-state index is 13.6. The number of ether oxygens (including phenoxy) is 2. The first-order valence-electron chi connectivity index (χ1n) is 8.44. The fourth-order valence-electron chi connectivity index (χ4n) is 2.35. The number of nitrogens with one attached hydrogen (secondary N) is 1. The van der Waals surface area contributed by atoms with Crippen LogP contribution >= 0.6 is 24.0 Å². The maximum Gasteiger partial charge on any atom is 0.193 e. The summed E-state index contributed by atoms with van der Waals surface area (Å²) in [6, 6.07) is 8.70. The summed E-state index contributed by atoms with van der Waals surface area (Å²) >= 11 is 0. The van der Waals surface area contributed by atoms with Crippen LogP contribution in [0.1, 0.15) is 19.4 Å². The van der Waals surface area contributed by atoms with Crippen LogP contribution in [0.15, 0.2) is 41.4 Å². The third-order valence-corrected chi connectivity index (χ3v) is 3.50. The highest BCUT2D eigenvalue weighted by Gasteiger charge is 2.08. The number of rotatable bonds is 8. The van der Waals surface area contributed by atoms with E-state index in [-0.39, 0.29) is 48.5 Å². The first-order chi connectivity index (χ1) is 12.5. The van der Waals surface area contributed by atoms with Gasteiger partial charge in [0.1, 0.15) is 23.1 Å². The van der Waals surface area contributed by atoms with E-state index in [0.717, 1.165) is 18.2 Å². The van der Waals surface area contributed by atoms with E-state index in [4.69, 9.17) is 15.2 Å². The highest BCUT2D eigenvalue weighted by molar-refractivity contribution is 14.0. The van der Waals surface area contributed by atoms with Gasteiger partial charge < -0.3 is 20.5 Å². The third-order valence-electron chi connectivity index (χ3n) is 3.50. The molecule has 5 nitrogen and oxygen atoms in total. The number of halogens is 3. The van der Waals surface area contributed by atoms with E-state index in [1.54, 1.807) is 18.2 Å². The summed E-state index contributed by atoms with van der Waals surface area (Å²) in [7, 11) is 0. The van der Waals surface area contributed by atoms with Crippen molar-refractivity contribution in [2.75, 3.05) is 25.1 Å². The van der Waals surface area contributed by atoms with Crippen LogP contribution < -0.4 is 20.5 Å². The lowest BCUT2D eigenvalue weighted by Crippen LogP contribution is -2.23. The number of nitrogens with zero attached hydrogens (tertiary/aromatic N) is 1. The van der Waals surface area contributed by atoms with Crippen molar-refractivity contribution >= 4 is 35.6 Å². The van der Waals surface area contributed by atoms with Crippen molar-refractivity contribution in [1.29, 1.82) is 0 Å². The van der Waals surface area contributed by atoms with Gasteiger partial charge in [-0.05, 0) is 56.2 Å². The van der Waals surface area contributed by atoms with Crippen molar-refractivity contribution in [3.63, 3.8) is 0 Å². The van der Waals surface area contributed by atoms with Crippen molar-refractivity contribution in [2.24, 2.45) is 10.7 Å². The van der Waals surface area contributed by atoms with E-state index in [1.807, 2.05) is 13.8 Å². The second-order valence-corrected chi connectivity index (χ2v) is 5.40. The highest BCUT2D eigenvalue weighted by atomic mass is 127. The largest absolute Gasteiger partial charge is 0.494 e. The van der Waals surface area contributed by atoms with Crippen molar-refractivity contribution in [2.45, 2.75) is 20.3 Å². The zero-order valence-electron chi connectivity index (χ0n) is 15.3. The molecule has 0 aliphatic carbocycles. The molecular formula is C19H24F2IN3O2. The highest BCUT2D eigenvalue weighted by Crippen LogP contribution is 2.29. The van der Waals surface area contributed by atoms with Crippen LogP contribution in [-0.2, 0) is 6.42 Å². The van der Waals surface area contributed by atoms with Gasteiger partial charge in [0.15, 0.2) is 5.96 Å². The Labute approximate surface area is 175 Å². The summed E-state index contributed by atoms with van der Waals surface area (Å²) in [5.74, 6) is 0.497. The molecule has 27 heavy (non-hydrogen) atoms. The Morgan fingerprint density at radius 3 is 2.52 bits per heavy atom. The van der Waals surface area contributed by atoms with E-state index in [2.05, 4.69) is 10.3 Å². The molecular weight excluding hydrogens is 467 g/mol. The Kier molecular flexibility index (Phi) is 9.84. The molecule has 0 aliphatic heterocycles. The zero-order chi connectivity index (χ0) is 18.9. The summed E-state index contributed by atoms with van der Waals surface area (Å²) in [6.45, 7) is 5.03. The molecule has 2 aromatic carbocycles. The van der Waals surface area contributed by atoms with Gasteiger partial charge >= 0.3 is 0 Å². The van der Waals surface area contributed by atoms with Crippen molar-refractivity contribution in [1.82, 2.24) is 0 Å². The number of anilines is 1. The van der Waals surface area contributed by atoms with Crippen molar-refractivity contribution in [3.05, 3.63) is 53.6 Å². The van der Waals surface area contributed by atoms with Gasteiger partial charge in [0.25, 0.3) is 0 Å². The second-order valence-electron chi connectivity index (χ2n) is 5.40. The average molecular weight is 491 g/mol. The van der Waals surface area contributed by atoms with Crippen molar-refractivity contribution < 1.29 is 18.3 Å². The van der Waals surface area contributed by atoms with Crippen LogP contribution in [0.25, 0.3) is 0 Å². The molecule has 2 rings (SSSR count). The molecule has 0 amide bonds. The lowest BCUT2D eigenvalue weighted by Gasteiger charge is -2.14. The third kappa shape index (κ3) is 7.20. The molecule has 0 aromatic heterocycles. The first-order valence-corrected chi connectivity index (χ1v) is 8.44. The molecule has 8 heteroatoms. The Morgan fingerprint density at radius 1 is 1.07 bits per heavy atom. The quantitative estimate of drug-likeness (QED) is 0.328. The molecule has 0 heterocycles. The van der Waals surface area contributed by atoms with E-state index in [9.17, 15) is 8.78 Å². The predicted molar refractivity (Wildman–Crippen MR) is 114 cm³/mol. The number of guanidine groups is 1. The fourth-order valence-corrected chi connectivity index (χ4v) is 2.35. The Balaban J connectivity index is 0.00000364. The summed E-state index contributed by atoms with van der Waals surface area (Å²) in [5, 5.41) is 2.96. The fraction of sp³-hybridized carbons (Fsp3) is 0.316. The summed E-state index contributed by atoms with van der Waals surface area (Å²) < 4.78 is 37.8. The Bertz CT molecular complexity index is 773. The summed E-state index contributed by atoms with van der Waals surface area (Å²) in [4.78, 5) is 4.16. The van der Waals surface area contributed by atoms with E-state index in [0.29, 0.717) is 30.4 Å². The van der Waals surface area contributed by atoms with Crippen LogP contribution in [-0.4, -0.2) is 25.7 Å². The van der Waals surface area contributed by atoms with Crippen LogP contribution in [0, 0.1) is 11.6 Å². The monoisotopic (exact) mass is 491 g/mol. The SMILES string of the molecule is CCOc1ccc(OCC)c(NC(N)=NCCc2cc(F)ccc2F)c1.I. The average Bonchev–Trinajstić information content (AvgIpc) is 2.60. The number of aliphatic imine (C=N–C) groups is 1. The number of nitrogens with two attached hydrogens (primary N) is 1. The molecule has 0 saturated carbocycles. The van der Waals surface area contributed by atoms with Gasteiger partial charge in [-0.25, -0.2) is 8.78 Å². The number of hydrogen-bond donors (Lipinski definition) is 2. The molecule has 0 spiro atoms. The molecule has 148 valence electrons. The number of benzene rings is 2. The van der Waals surface area contributed by atoms with Gasteiger partial charge in [-0.3, -0.25) is 4.99 Å². The van der Waals surface area contributed by atoms with Gasteiger partial charge in [-0.2, -0.15) is 0 Å².